The van der Waals surface area contributed by atoms with Crippen LogP contribution >= 0.6 is 38.9 Å². The van der Waals surface area contributed by atoms with Gasteiger partial charge in [-0.05, 0) is 46.6 Å². The Hall–Kier alpha value is -0.910. The third-order valence-corrected chi connectivity index (χ3v) is 3.93. The summed E-state index contributed by atoms with van der Waals surface area (Å²) in [7, 11) is 0. The predicted molar refractivity (Wildman–Crippen MR) is 74.0 cm³/mol. The molecule has 0 bridgehead atoms. The highest BCUT2D eigenvalue weighted by Crippen LogP contribution is 2.24. The van der Waals surface area contributed by atoms with Crippen LogP contribution in [0.5, 0.6) is 0 Å². The first kappa shape index (κ1) is 12.5. The number of aryl methyl sites for hydroxylation is 1. The van der Waals surface area contributed by atoms with Crippen LogP contribution in [0.4, 0.5) is 5.13 Å². The van der Waals surface area contributed by atoms with E-state index in [1.54, 1.807) is 24.4 Å². The fraction of sp³-hybridized carbons (Fsp3) is 0.0909. The molecule has 0 atom stereocenters. The molecule has 0 spiro atoms. The molecule has 0 radical (unpaired) electrons. The summed E-state index contributed by atoms with van der Waals surface area (Å²) in [6, 6.07) is 5.15. The molecule has 6 heteroatoms. The second-order valence-corrected chi connectivity index (χ2v) is 6.20. The zero-order valence-electron chi connectivity index (χ0n) is 8.83. The minimum Gasteiger partial charge on any atom is -0.298 e. The summed E-state index contributed by atoms with van der Waals surface area (Å²) >= 11 is 10.6. The maximum absolute atomic E-state index is 11.9. The lowest BCUT2D eigenvalue weighted by Gasteiger charge is -2.03. The molecule has 0 fully saturated rings. The van der Waals surface area contributed by atoms with Crippen LogP contribution in [0.15, 0.2) is 28.2 Å². The van der Waals surface area contributed by atoms with Gasteiger partial charge in [0.2, 0.25) is 0 Å². The van der Waals surface area contributed by atoms with Crippen LogP contribution < -0.4 is 5.32 Å². The highest BCUT2D eigenvalue weighted by molar-refractivity contribution is 9.11. The second-order valence-electron chi connectivity index (χ2n) is 3.39. The third-order valence-electron chi connectivity index (χ3n) is 2.12. The smallest absolute Gasteiger partial charge is 0.257 e. The van der Waals surface area contributed by atoms with E-state index < -0.39 is 0 Å². The van der Waals surface area contributed by atoms with Crippen LogP contribution in [0.3, 0.4) is 0 Å². The number of halogens is 2. The molecule has 88 valence electrons. The van der Waals surface area contributed by atoms with Gasteiger partial charge in [-0.3, -0.25) is 10.1 Å². The average Bonchev–Trinajstić information content (AvgIpc) is 2.68. The van der Waals surface area contributed by atoms with E-state index in [4.69, 9.17) is 11.6 Å². The fourth-order valence-electron chi connectivity index (χ4n) is 1.27. The van der Waals surface area contributed by atoms with Crippen molar-refractivity contribution in [2.45, 2.75) is 6.92 Å². The van der Waals surface area contributed by atoms with Crippen molar-refractivity contribution in [2.75, 3.05) is 5.32 Å². The minimum atomic E-state index is -0.188. The van der Waals surface area contributed by atoms with E-state index in [1.165, 1.54) is 11.3 Å². The van der Waals surface area contributed by atoms with Gasteiger partial charge < -0.3 is 0 Å². The lowest BCUT2D eigenvalue weighted by Crippen LogP contribution is -2.11. The molecule has 0 aliphatic carbocycles. The molecule has 0 aliphatic heterocycles. The van der Waals surface area contributed by atoms with Crippen LogP contribution in [0.2, 0.25) is 5.02 Å². The number of hydrogen-bond donors (Lipinski definition) is 1. The Kier molecular flexibility index (Phi) is 3.81. The number of amides is 1. The summed E-state index contributed by atoms with van der Waals surface area (Å²) in [6.45, 7) is 1.86. The summed E-state index contributed by atoms with van der Waals surface area (Å²) in [5, 5.41) is 3.94. The van der Waals surface area contributed by atoms with Gasteiger partial charge in [0.05, 0.1) is 9.98 Å². The van der Waals surface area contributed by atoms with E-state index in [-0.39, 0.29) is 5.91 Å². The topological polar surface area (TPSA) is 42.0 Å². The monoisotopic (exact) mass is 330 g/mol. The Balaban J connectivity index is 2.17. The standard InChI is InChI=1S/C11H8BrClN2OS/c1-6-4-7(2-3-8(6)13)10(16)15-11-14-5-9(12)17-11/h2-5H,1H3,(H,14,15,16). The molecule has 1 aromatic heterocycles. The summed E-state index contributed by atoms with van der Waals surface area (Å²) in [5.74, 6) is -0.188. The quantitative estimate of drug-likeness (QED) is 0.899. The molecule has 1 heterocycles. The van der Waals surface area contributed by atoms with Gasteiger partial charge in [0.25, 0.3) is 5.91 Å². The highest BCUT2D eigenvalue weighted by atomic mass is 79.9. The summed E-state index contributed by atoms with van der Waals surface area (Å²) < 4.78 is 0.875. The summed E-state index contributed by atoms with van der Waals surface area (Å²) in [6.07, 6.45) is 1.65. The Bertz CT molecular complexity index is 570. The van der Waals surface area contributed by atoms with Gasteiger partial charge >= 0.3 is 0 Å². The molecule has 0 aliphatic rings. The molecule has 0 saturated heterocycles. The van der Waals surface area contributed by atoms with Crippen molar-refractivity contribution in [3.63, 3.8) is 0 Å². The van der Waals surface area contributed by atoms with Crippen molar-refractivity contribution in [3.8, 4) is 0 Å². The van der Waals surface area contributed by atoms with Gasteiger partial charge in [0.15, 0.2) is 5.13 Å². The van der Waals surface area contributed by atoms with E-state index in [1.807, 2.05) is 6.92 Å². The van der Waals surface area contributed by atoms with E-state index in [2.05, 4.69) is 26.2 Å². The highest BCUT2D eigenvalue weighted by Gasteiger charge is 2.09. The van der Waals surface area contributed by atoms with Gasteiger partial charge in [0.1, 0.15) is 0 Å². The number of hydrogen-bond acceptors (Lipinski definition) is 3. The van der Waals surface area contributed by atoms with Gasteiger partial charge in [-0.1, -0.05) is 22.9 Å². The van der Waals surface area contributed by atoms with Gasteiger partial charge in [-0.25, -0.2) is 4.98 Å². The molecule has 1 aromatic carbocycles. The molecule has 17 heavy (non-hydrogen) atoms. The van der Waals surface area contributed by atoms with Crippen molar-refractivity contribution in [3.05, 3.63) is 44.3 Å². The minimum absolute atomic E-state index is 0.188. The normalized spacial score (nSPS) is 10.3. The summed E-state index contributed by atoms with van der Waals surface area (Å²) in [5.41, 5.74) is 1.44. The number of aromatic nitrogens is 1. The van der Waals surface area contributed by atoms with E-state index in [0.717, 1.165) is 9.35 Å². The number of nitrogens with one attached hydrogen (secondary N) is 1. The third kappa shape index (κ3) is 3.06. The molecule has 1 N–H and O–H groups in total. The van der Waals surface area contributed by atoms with Crippen molar-refractivity contribution < 1.29 is 4.79 Å². The molecular weight excluding hydrogens is 324 g/mol. The Morgan fingerprint density at radius 1 is 1.53 bits per heavy atom. The Morgan fingerprint density at radius 3 is 2.88 bits per heavy atom. The number of rotatable bonds is 2. The number of nitrogens with zero attached hydrogens (tertiary/aromatic N) is 1. The van der Waals surface area contributed by atoms with Crippen LogP contribution in [0.1, 0.15) is 15.9 Å². The van der Waals surface area contributed by atoms with Gasteiger partial charge in [0, 0.05) is 10.6 Å². The maximum Gasteiger partial charge on any atom is 0.257 e. The lowest BCUT2D eigenvalue weighted by atomic mass is 10.1. The Labute approximate surface area is 116 Å². The fourth-order valence-corrected chi connectivity index (χ4v) is 2.49. The van der Waals surface area contributed by atoms with Crippen LogP contribution in [0, 0.1) is 6.92 Å². The molecule has 0 saturated carbocycles. The zero-order chi connectivity index (χ0) is 12.4. The first-order valence-electron chi connectivity index (χ1n) is 4.75. The maximum atomic E-state index is 11.9. The van der Waals surface area contributed by atoms with Crippen LogP contribution in [-0.2, 0) is 0 Å². The van der Waals surface area contributed by atoms with Crippen molar-refractivity contribution in [2.24, 2.45) is 0 Å². The largest absolute Gasteiger partial charge is 0.298 e. The van der Waals surface area contributed by atoms with Gasteiger partial charge in [-0.15, -0.1) is 0 Å². The molecule has 3 nitrogen and oxygen atoms in total. The number of benzene rings is 1. The molecule has 2 aromatic rings. The lowest BCUT2D eigenvalue weighted by molar-refractivity contribution is 0.102. The van der Waals surface area contributed by atoms with Crippen LogP contribution in [0.25, 0.3) is 0 Å². The molecule has 1 amide bonds. The number of carbonyl (C=O) groups excluding carboxylic acids is 1. The SMILES string of the molecule is Cc1cc(C(=O)Nc2ncc(Br)s2)ccc1Cl. The average molecular weight is 332 g/mol. The van der Waals surface area contributed by atoms with Gasteiger partial charge in [-0.2, -0.15) is 0 Å². The predicted octanol–water partition coefficient (Wildman–Crippen LogP) is 4.12. The van der Waals surface area contributed by atoms with Crippen LogP contribution in [-0.4, -0.2) is 10.9 Å². The van der Waals surface area contributed by atoms with E-state index >= 15 is 0 Å². The zero-order valence-corrected chi connectivity index (χ0v) is 12.0. The second kappa shape index (κ2) is 5.16. The number of anilines is 1. The first-order chi connectivity index (χ1) is 8.06. The molecule has 2 rings (SSSR count). The van der Waals surface area contributed by atoms with E-state index in [9.17, 15) is 4.79 Å². The van der Waals surface area contributed by atoms with Crippen molar-refractivity contribution in [1.82, 2.24) is 4.98 Å². The Morgan fingerprint density at radius 2 is 2.29 bits per heavy atom. The van der Waals surface area contributed by atoms with Crippen molar-refractivity contribution in [1.29, 1.82) is 0 Å². The molecular formula is C11H8BrClN2OS. The summed E-state index contributed by atoms with van der Waals surface area (Å²) in [4.78, 5) is 15.9. The van der Waals surface area contributed by atoms with Crippen molar-refractivity contribution >= 4 is 49.9 Å². The van der Waals surface area contributed by atoms with E-state index in [0.29, 0.717) is 15.7 Å². The number of thiazole rings is 1. The number of carbonyl (C=O) groups is 1. The molecule has 0 unspecified atom stereocenters. The first-order valence-corrected chi connectivity index (χ1v) is 6.74.